The molecule has 0 bridgehead atoms. The summed E-state index contributed by atoms with van der Waals surface area (Å²) >= 11 is 1.66. The first-order chi connectivity index (χ1) is 6.77. The number of nitriles is 1. The molecular weight excluding hydrogens is 194 g/mol. The molecule has 1 aromatic rings. The maximum atomic E-state index is 8.85. The Hall–Kier alpha value is -0.980. The van der Waals surface area contributed by atoms with Crippen LogP contribution in [0.25, 0.3) is 0 Å². The molecule has 1 unspecified atom stereocenters. The van der Waals surface area contributed by atoms with Gasteiger partial charge in [0.05, 0.1) is 18.2 Å². The van der Waals surface area contributed by atoms with Crippen LogP contribution in [0.5, 0.6) is 0 Å². The highest BCUT2D eigenvalue weighted by molar-refractivity contribution is 7.99. The fourth-order valence-electron chi connectivity index (χ4n) is 1.04. The number of hydrogen-bond donors (Lipinski definition) is 1. The van der Waals surface area contributed by atoms with Gasteiger partial charge < -0.3 is 5.11 Å². The van der Waals surface area contributed by atoms with E-state index in [1.54, 1.807) is 11.8 Å². The number of hydrogen-bond acceptors (Lipinski definition) is 3. The molecule has 0 radical (unpaired) electrons. The van der Waals surface area contributed by atoms with Gasteiger partial charge in [-0.1, -0.05) is 25.1 Å². The summed E-state index contributed by atoms with van der Waals surface area (Å²) in [6, 6.07) is 9.73. The third-order valence-corrected chi connectivity index (χ3v) is 3.11. The molecule has 0 fully saturated rings. The quantitative estimate of drug-likeness (QED) is 0.823. The van der Waals surface area contributed by atoms with E-state index in [9.17, 15) is 0 Å². The maximum Gasteiger partial charge on any atom is 0.0994 e. The van der Waals surface area contributed by atoms with E-state index < -0.39 is 0 Å². The van der Waals surface area contributed by atoms with Gasteiger partial charge >= 0.3 is 0 Å². The second kappa shape index (κ2) is 5.69. The summed E-state index contributed by atoms with van der Waals surface area (Å²) in [7, 11) is 0. The van der Waals surface area contributed by atoms with E-state index in [0.29, 0.717) is 0 Å². The topological polar surface area (TPSA) is 44.0 Å². The second-order valence-electron chi connectivity index (χ2n) is 3.07. The highest BCUT2D eigenvalue weighted by Gasteiger charge is 2.04. The van der Waals surface area contributed by atoms with Gasteiger partial charge in [0, 0.05) is 11.0 Å². The van der Waals surface area contributed by atoms with Gasteiger partial charge in [0.25, 0.3) is 0 Å². The average Bonchev–Trinajstić information content (AvgIpc) is 2.26. The number of benzene rings is 1. The van der Waals surface area contributed by atoms with Crippen molar-refractivity contribution in [2.75, 3.05) is 6.61 Å². The Kier molecular flexibility index (Phi) is 4.51. The smallest absolute Gasteiger partial charge is 0.0994 e. The molecule has 1 rings (SSSR count). The van der Waals surface area contributed by atoms with Gasteiger partial charge in [-0.15, -0.1) is 0 Å². The lowest BCUT2D eigenvalue weighted by molar-refractivity contribution is 0.300. The van der Waals surface area contributed by atoms with E-state index in [0.717, 1.165) is 16.9 Å². The first-order valence-electron chi connectivity index (χ1n) is 4.48. The van der Waals surface area contributed by atoms with Crippen LogP contribution in [0, 0.1) is 11.3 Å². The second-order valence-corrected chi connectivity index (χ2v) is 4.50. The highest BCUT2D eigenvalue weighted by atomic mass is 32.2. The summed E-state index contributed by atoms with van der Waals surface area (Å²) in [6.45, 7) is 2.15. The zero-order valence-corrected chi connectivity index (χ0v) is 8.92. The van der Waals surface area contributed by atoms with Gasteiger partial charge in [-0.2, -0.15) is 17.0 Å². The van der Waals surface area contributed by atoms with Crippen LogP contribution in [-0.2, 0) is 5.75 Å². The van der Waals surface area contributed by atoms with Crippen LogP contribution in [0.1, 0.15) is 18.1 Å². The van der Waals surface area contributed by atoms with E-state index >= 15 is 0 Å². The lowest BCUT2D eigenvalue weighted by atomic mass is 10.1. The Bertz CT molecular complexity index is 332. The van der Waals surface area contributed by atoms with E-state index in [1.807, 2.05) is 31.2 Å². The number of nitrogens with zero attached hydrogens (tertiary/aromatic N) is 1. The molecule has 1 aromatic carbocycles. The molecular formula is C11H13NOS. The maximum absolute atomic E-state index is 8.85. The molecule has 0 saturated carbocycles. The molecule has 2 nitrogen and oxygen atoms in total. The first-order valence-corrected chi connectivity index (χ1v) is 5.53. The molecule has 1 atom stereocenters. The third kappa shape index (κ3) is 3.06. The van der Waals surface area contributed by atoms with Gasteiger partial charge in [-0.05, 0) is 11.6 Å². The van der Waals surface area contributed by atoms with E-state index in [-0.39, 0.29) is 11.9 Å². The van der Waals surface area contributed by atoms with E-state index in [4.69, 9.17) is 10.4 Å². The Balaban J connectivity index is 2.63. The lowest BCUT2D eigenvalue weighted by Crippen LogP contribution is -2.02. The number of aliphatic hydroxyl groups excluding tert-OH is 1. The largest absolute Gasteiger partial charge is 0.395 e. The van der Waals surface area contributed by atoms with Crippen LogP contribution in [0.3, 0.4) is 0 Å². The Morgan fingerprint density at radius 1 is 1.50 bits per heavy atom. The minimum atomic E-state index is 0.180. The van der Waals surface area contributed by atoms with Gasteiger partial charge in [0.15, 0.2) is 0 Å². The highest BCUT2D eigenvalue weighted by Crippen LogP contribution is 2.19. The average molecular weight is 207 g/mol. The monoisotopic (exact) mass is 207 g/mol. The van der Waals surface area contributed by atoms with Crippen molar-refractivity contribution < 1.29 is 5.11 Å². The fourth-order valence-corrected chi connectivity index (χ4v) is 1.86. The predicted molar refractivity (Wildman–Crippen MR) is 59.0 cm³/mol. The van der Waals surface area contributed by atoms with E-state index in [1.165, 1.54) is 0 Å². The Labute approximate surface area is 88.6 Å². The Morgan fingerprint density at radius 3 is 2.86 bits per heavy atom. The molecule has 74 valence electrons. The van der Waals surface area contributed by atoms with Gasteiger partial charge in [0.1, 0.15) is 0 Å². The molecule has 0 heterocycles. The lowest BCUT2D eigenvalue weighted by Gasteiger charge is -2.08. The van der Waals surface area contributed by atoms with Crippen molar-refractivity contribution in [2.24, 2.45) is 0 Å². The third-order valence-electron chi connectivity index (χ3n) is 1.92. The molecule has 0 aliphatic carbocycles. The van der Waals surface area contributed by atoms with Crippen molar-refractivity contribution in [2.45, 2.75) is 17.9 Å². The molecule has 0 aromatic heterocycles. The zero-order chi connectivity index (χ0) is 10.4. The molecule has 0 aliphatic heterocycles. The number of aliphatic hydroxyl groups is 1. The minimum Gasteiger partial charge on any atom is -0.395 e. The summed E-state index contributed by atoms with van der Waals surface area (Å²) in [5, 5.41) is 17.9. The standard InChI is InChI=1S/C11H13NOS/c1-9(7-13)14-8-11-5-3-2-4-10(11)6-12/h2-5,9,13H,7-8H2,1H3. The normalized spacial score (nSPS) is 12.1. The molecule has 0 aliphatic rings. The summed E-state index contributed by atoms with van der Waals surface area (Å²) in [6.07, 6.45) is 0. The van der Waals surface area contributed by atoms with Gasteiger partial charge in [0.2, 0.25) is 0 Å². The molecule has 0 spiro atoms. The van der Waals surface area contributed by atoms with Crippen molar-refractivity contribution in [1.82, 2.24) is 0 Å². The van der Waals surface area contributed by atoms with Crippen LogP contribution in [0.4, 0.5) is 0 Å². The van der Waals surface area contributed by atoms with Crippen molar-refractivity contribution in [1.29, 1.82) is 5.26 Å². The number of rotatable bonds is 4. The van der Waals surface area contributed by atoms with Crippen LogP contribution in [0.2, 0.25) is 0 Å². The van der Waals surface area contributed by atoms with Crippen molar-refractivity contribution in [3.8, 4) is 6.07 Å². The van der Waals surface area contributed by atoms with Crippen molar-refractivity contribution in [3.63, 3.8) is 0 Å². The van der Waals surface area contributed by atoms with E-state index in [2.05, 4.69) is 6.07 Å². The van der Waals surface area contributed by atoms with Crippen molar-refractivity contribution in [3.05, 3.63) is 35.4 Å². The summed E-state index contributed by atoms with van der Waals surface area (Å²) in [5.41, 5.74) is 1.77. The molecule has 1 N–H and O–H groups in total. The summed E-state index contributed by atoms with van der Waals surface area (Å²) in [4.78, 5) is 0. The minimum absolute atomic E-state index is 0.180. The van der Waals surface area contributed by atoms with Crippen LogP contribution < -0.4 is 0 Å². The molecule has 3 heteroatoms. The Morgan fingerprint density at radius 2 is 2.21 bits per heavy atom. The van der Waals surface area contributed by atoms with Gasteiger partial charge in [-0.25, -0.2) is 0 Å². The summed E-state index contributed by atoms with van der Waals surface area (Å²) in [5.74, 6) is 0.783. The zero-order valence-electron chi connectivity index (χ0n) is 8.10. The first kappa shape index (κ1) is 11.1. The van der Waals surface area contributed by atoms with Gasteiger partial charge in [-0.3, -0.25) is 0 Å². The number of thioether (sulfide) groups is 1. The van der Waals surface area contributed by atoms with Crippen LogP contribution in [0.15, 0.2) is 24.3 Å². The molecule has 14 heavy (non-hydrogen) atoms. The summed E-state index contributed by atoms with van der Waals surface area (Å²) < 4.78 is 0. The molecule has 0 saturated heterocycles. The molecule has 0 amide bonds. The van der Waals surface area contributed by atoms with Crippen LogP contribution >= 0.6 is 11.8 Å². The fraction of sp³-hybridized carbons (Fsp3) is 0.364. The van der Waals surface area contributed by atoms with Crippen LogP contribution in [-0.4, -0.2) is 17.0 Å². The SMILES string of the molecule is CC(CO)SCc1ccccc1C#N. The predicted octanol–water partition coefficient (Wildman–Crippen LogP) is 2.17. The van der Waals surface area contributed by atoms with Crippen molar-refractivity contribution >= 4 is 11.8 Å².